The Labute approximate surface area is 206 Å². The smallest absolute Gasteiger partial charge is 0.254 e. The summed E-state index contributed by atoms with van der Waals surface area (Å²) in [5, 5.41) is 1.17. The number of hydrogen-bond acceptors (Lipinski definition) is 3. The van der Waals surface area contributed by atoms with Gasteiger partial charge in [0.05, 0.1) is 6.61 Å². The van der Waals surface area contributed by atoms with E-state index in [0.29, 0.717) is 38.2 Å². The lowest BCUT2D eigenvalue weighted by Gasteiger charge is -2.28. The molecule has 6 heteroatoms. The largest absolute Gasteiger partial charge is 0.383 e. The van der Waals surface area contributed by atoms with E-state index in [0.717, 1.165) is 11.1 Å². The van der Waals surface area contributed by atoms with E-state index in [4.69, 9.17) is 4.74 Å². The second kappa shape index (κ2) is 12.0. The summed E-state index contributed by atoms with van der Waals surface area (Å²) >= 11 is 0. The molecule has 0 fully saturated rings. The quantitative estimate of drug-likeness (QED) is 0.351. The minimum absolute atomic E-state index is 0.00218. The van der Waals surface area contributed by atoms with Gasteiger partial charge < -0.3 is 19.5 Å². The summed E-state index contributed by atoms with van der Waals surface area (Å²) < 4.78 is 5.21. The highest BCUT2D eigenvalue weighted by Gasteiger charge is 2.22. The van der Waals surface area contributed by atoms with Crippen molar-refractivity contribution in [2.45, 2.75) is 13.0 Å². The number of H-pyrrole nitrogens is 1. The number of aromatic amines is 1. The number of amides is 2. The van der Waals surface area contributed by atoms with Crippen molar-refractivity contribution in [1.29, 1.82) is 0 Å². The number of carbonyl (C=O) groups is 2. The molecule has 0 saturated heterocycles. The molecular weight excluding hydrogens is 438 g/mol. The van der Waals surface area contributed by atoms with Crippen LogP contribution in [0.2, 0.25) is 0 Å². The highest BCUT2D eigenvalue weighted by atomic mass is 16.5. The molecule has 0 aliphatic rings. The van der Waals surface area contributed by atoms with Gasteiger partial charge in [0, 0.05) is 49.4 Å². The number of nitrogens with one attached hydrogen (secondary N) is 1. The van der Waals surface area contributed by atoms with E-state index >= 15 is 0 Å². The normalized spacial score (nSPS) is 10.9. The van der Waals surface area contributed by atoms with Gasteiger partial charge in [-0.05, 0) is 35.7 Å². The first-order valence-corrected chi connectivity index (χ1v) is 11.9. The number of para-hydroxylation sites is 1. The highest BCUT2D eigenvalue weighted by molar-refractivity contribution is 5.96. The van der Waals surface area contributed by atoms with Crippen molar-refractivity contribution in [2.24, 2.45) is 0 Å². The van der Waals surface area contributed by atoms with Crippen LogP contribution in [0.15, 0.2) is 91.1 Å². The van der Waals surface area contributed by atoms with Gasteiger partial charge in [0.2, 0.25) is 5.91 Å². The van der Waals surface area contributed by atoms with Gasteiger partial charge in [-0.25, -0.2) is 0 Å². The Morgan fingerprint density at radius 1 is 0.829 bits per heavy atom. The van der Waals surface area contributed by atoms with Gasteiger partial charge in [-0.2, -0.15) is 0 Å². The summed E-state index contributed by atoms with van der Waals surface area (Å²) in [6.07, 6.45) is 2.73. The Bertz CT molecular complexity index is 1240. The lowest BCUT2D eigenvalue weighted by Crippen LogP contribution is -2.44. The predicted molar refractivity (Wildman–Crippen MR) is 138 cm³/mol. The molecule has 0 aliphatic carbocycles. The number of ether oxygens (including phenoxy) is 1. The van der Waals surface area contributed by atoms with E-state index in [1.54, 1.807) is 24.1 Å². The zero-order chi connectivity index (χ0) is 24.5. The van der Waals surface area contributed by atoms with Crippen LogP contribution in [0.3, 0.4) is 0 Å². The number of hydrogen-bond donors (Lipinski definition) is 1. The molecule has 0 saturated carbocycles. The number of nitrogens with zero attached hydrogens (tertiary/aromatic N) is 2. The van der Waals surface area contributed by atoms with Gasteiger partial charge >= 0.3 is 0 Å². The topological polar surface area (TPSA) is 65.6 Å². The maximum absolute atomic E-state index is 13.6. The van der Waals surface area contributed by atoms with Crippen molar-refractivity contribution in [2.75, 3.05) is 33.4 Å². The number of fused-ring (bicyclic) bond motifs is 1. The van der Waals surface area contributed by atoms with Crippen LogP contribution in [0, 0.1) is 0 Å². The molecule has 0 unspecified atom stereocenters. The molecule has 0 atom stereocenters. The summed E-state index contributed by atoms with van der Waals surface area (Å²) in [7, 11) is 1.59. The minimum Gasteiger partial charge on any atom is -0.383 e. The summed E-state index contributed by atoms with van der Waals surface area (Å²) in [5.41, 5.74) is 3.87. The summed E-state index contributed by atoms with van der Waals surface area (Å²) in [6, 6.07) is 27.2. The van der Waals surface area contributed by atoms with Gasteiger partial charge in [-0.15, -0.1) is 0 Å². The lowest BCUT2D eigenvalue weighted by molar-refractivity contribution is -0.132. The van der Waals surface area contributed by atoms with Crippen LogP contribution in [-0.2, 0) is 22.5 Å². The number of methoxy groups -OCH3 is 1. The van der Waals surface area contributed by atoms with Crippen LogP contribution >= 0.6 is 0 Å². The molecule has 1 N–H and O–H groups in total. The lowest BCUT2D eigenvalue weighted by atomic mass is 10.1. The first-order valence-electron chi connectivity index (χ1n) is 11.9. The van der Waals surface area contributed by atoms with E-state index in [9.17, 15) is 9.59 Å². The van der Waals surface area contributed by atoms with Crippen molar-refractivity contribution < 1.29 is 14.3 Å². The molecule has 0 bridgehead atoms. The van der Waals surface area contributed by atoms with Gasteiger partial charge in [0.25, 0.3) is 5.91 Å². The summed E-state index contributed by atoms with van der Waals surface area (Å²) in [4.78, 5) is 33.4. The molecule has 4 rings (SSSR count). The average molecular weight is 470 g/mol. The fourth-order valence-corrected chi connectivity index (χ4v) is 4.17. The number of aromatic nitrogens is 1. The molecule has 0 aliphatic heterocycles. The minimum atomic E-state index is -0.174. The van der Waals surface area contributed by atoms with Crippen LogP contribution in [0.1, 0.15) is 21.5 Å². The maximum atomic E-state index is 13.6. The molecule has 180 valence electrons. The van der Waals surface area contributed by atoms with E-state index in [1.165, 1.54) is 10.9 Å². The molecule has 1 heterocycles. The third-order valence-corrected chi connectivity index (χ3v) is 6.09. The van der Waals surface area contributed by atoms with Crippen LogP contribution < -0.4 is 0 Å². The van der Waals surface area contributed by atoms with Crippen LogP contribution in [0.25, 0.3) is 10.9 Å². The molecule has 35 heavy (non-hydrogen) atoms. The number of rotatable bonds is 11. The van der Waals surface area contributed by atoms with Crippen LogP contribution in [-0.4, -0.2) is 59.9 Å². The van der Waals surface area contributed by atoms with E-state index in [-0.39, 0.29) is 18.4 Å². The Kier molecular flexibility index (Phi) is 8.30. The van der Waals surface area contributed by atoms with Crippen LogP contribution in [0.4, 0.5) is 0 Å². The SMILES string of the molecule is COCCN(CC(=O)N(CCc1c[nH]c2ccccc12)Cc1ccccc1)C(=O)c1ccccc1. The third-order valence-electron chi connectivity index (χ3n) is 6.09. The average Bonchev–Trinajstić information content (AvgIpc) is 3.32. The first-order chi connectivity index (χ1) is 17.2. The Hall–Kier alpha value is -3.90. The number of carbonyl (C=O) groups excluding carboxylic acids is 2. The zero-order valence-electron chi connectivity index (χ0n) is 20.0. The standard InChI is InChI=1S/C29H31N3O3/c1-35-19-18-32(29(34)24-12-6-3-7-13-24)22-28(33)31(21-23-10-4-2-5-11-23)17-16-25-20-30-27-15-9-8-14-26(25)27/h2-15,20,30H,16-19,21-22H2,1H3. The zero-order valence-corrected chi connectivity index (χ0v) is 20.0. The molecule has 1 aromatic heterocycles. The van der Waals surface area contributed by atoms with Crippen molar-refractivity contribution in [3.63, 3.8) is 0 Å². The van der Waals surface area contributed by atoms with E-state index in [1.807, 2.05) is 71.8 Å². The molecule has 4 aromatic rings. The number of benzene rings is 3. The predicted octanol–water partition coefficient (Wildman–Crippen LogP) is 4.53. The Morgan fingerprint density at radius 2 is 1.51 bits per heavy atom. The molecule has 0 radical (unpaired) electrons. The van der Waals surface area contributed by atoms with E-state index in [2.05, 4.69) is 17.1 Å². The van der Waals surface area contributed by atoms with Gasteiger partial charge in [-0.3, -0.25) is 9.59 Å². The second-order valence-electron chi connectivity index (χ2n) is 8.50. The highest BCUT2D eigenvalue weighted by Crippen LogP contribution is 2.19. The van der Waals surface area contributed by atoms with Gasteiger partial charge in [0.15, 0.2) is 0 Å². The van der Waals surface area contributed by atoms with Crippen molar-refractivity contribution in [3.05, 3.63) is 108 Å². The van der Waals surface area contributed by atoms with Gasteiger partial charge in [-0.1, -0.05) is 66.7 Å². The Morgan fingerprint density at radius 3 is 2.26 bits per heavy atom. The summed E-state index contributed by atoms with van der Waals surface area (Å²) in [6.45, 7) is 1.74. The van der Waals surface area contributed by atoms with Crippen molar-refractivity contribution in [3.8, 4) is 0 Å². The maximum Gasteiger partial charge on any atom is 0.254 e. The second-order valence-corrected chi connectivity index (χ2v) is 8.50. The monoisotopic (exact) mass is 469 g/mol. The first kappa shape index (κ1) is 24.2. The molecular formula is C29H31N3O3. The Balaban J connectivity index is 1.52. The third kappa shape index (κ3) is 6.37. The van der Waals surface area contributed by atoms with Gasteiger partial charge in [0.1, 0.15) is 6.54 Å². The van der Waals surface area contributed by atoms with E-state index < -0.39 is 0 Å². The van der Waals surface area contributed by atoms with Crippen LogP contribution in [0.5, 0.6) is 0 Å². The fourth-order valence-electron chi connectivity index (χ4n) is 4.17. The fraction of sp³-hybridized carbons (Fsp3) is 0.241. The molecule has 6 nitrogen and oxygen atoms in total. The molecule has 2 amide bonds. The molecule has 3 aromatic carbocycles. The molecule has 0 spiro atoms. The van der Waals surface area contributed by atoms with Crippen molar-refractivity contribution in [1.82, 2.24) is 14.8 Å². The van der Waals surface area contributed by atoms with Crippen molar-refractivity contribution >= 4 is 22.7 Å². The summed E-state index contributed by atoms with van der Waals surface area (Å²) in [5.74, 6) is -0.263.